The van der Waals surface area contributed by atoms with E-state index in [0.29, 0.717) is 36.4 Å². The molecule has 4 rings (SSSR count). The van der Waals surface area contributed by atoms with Crippen LogP contribution in [0.5, 0.6) is 11.5 Å². The minimum Gasteiger partial charge on any atom is -0.497 e. The van der Waals surface area contributed by atoms with Crippen molar-refractivity contribution in [2.45, 2.75) is 52.5 Å². The van der Waals surface area contributed by atoms with Crippen molar-refractivity contribution in [3.8, 4) is 11.5 Å². The summed E-state index contributed by atoms with van der Waals surface area (Å²) in [5, 5.41) is 3.05. The number of anilines is 3. The predicted octanol–water partition coefficient (Wildman–Crippen LogP) is 6.74. The molecule has 0 radical (unpaired) electrons. The lowest BCUT2D eigenvalue weighted by atomic mass is 10.1. The summed E-state index contributed by atoms with van der Waals surface area (Å²) in [5.74, 6) is 1.64. The van der Waals surface area contributed by atoms with Crippen molar-refractivity contribution >= 4 is 23.5 Å². The number of nitrogens with one attached hydrogen (secondary N) is 1. The summed E-state index contributed by atoms with van der Waals surface area (Å²) in [4.78, 5) is 28.4. The van der Waals surface area contributed by atoms with Gasteiger partial charge in [0.05, 0.1) is 26.9 Å². The Morgan fingerprint density at radius 2 is 1.85 bits per heavy atom. The zero-order chi connectivity index (χ0) is 32.7. The summed E-state index contributed by atoms with van der Waals surface area (Å²) in [7, 11) is 3.74. The molecule has 1 aliphatic heterocycles. The zero-order valence-corrected chi connectivity index (χ0v) is 27.7. The second kappa shape index (κ2) is 18.3. The largest absolute Gasteiger partial charge is 0.497 e. The van der Waals surface area contributed by atoms with E-state index in [1.165, 1.54) is 11.0 Å². The number of piperazine rings is 1. The van der Waals surface area contributed by atoms with E-state index in [2.05, 4.69) is 46.0 Å². The molecule has 1 saturated heterocycles. The van der Waals surface area contributed by atoms with Crippen molar-refractivity contribution in [2.24, 2.45) is 5.92 Å². The summed E-state index contributed by atoms with van der Waals surface area (Å²) in [6, 6.07) is 13.8. The second-order valence-electron chi connectivity index (χ2n) is 12.2. The van der Waals surface area contributed by atoms with Crippen LogP contribution < -0.4 is 19.7 Å². The van der Waals surface area contributed by atoms with E-state index in [-0.39, 0.29) is 18.2 Å². The molecule has 3 aromatic rings. The van der Waals surface area contributed by atoms with Crippen LogP contribution in [0.15, 0.2) is 54.7 Å². The molecule has 1 fully saturated rings. The zero-order valence-electron chi connectivity index (χ0n) is 27.7. The molecule has 0 atom stereocenters. The van der Waals surface area contributed by atoms with Gasteiger partial charge in [-0.2, -0.15) is 4.98 Å². The fourth-order valence-electron chi connectivity index (χ4n) is 5.19. The lowest BCUT2D eigenvalue weighted by molar-refractivity contribution is 0.145. The molecule has 0 bridgehead atoms. The first-order valence-corrected chi connectivity index (χ1v) is 16.3. The summed E-state index contributed by atoms with van der Waals surface area (Å²) in [6.45, 7) is 10.6. The van der Waals surface area contributed by atoms with Gasteiger partial charge >= 0.3 is 6.09 Å². The van der Waals surface area contributed by atoms with Crippen LogP contribution in [-0.2, 0) is 11.3 Å². The number of aromatic nitrogens is 2. The molecule has 11 heteroatoms. The molecule has 0 aliphatic carbocycles. The lowest BCUT2D eigenvalue weighted by Crippen LogP contribution is -2.44. The summed E-state index contributed by atoms with van der Waals surface area (Å²) in [6.07, 6.45) is 5.94. The fraction of sp³-hybridized carbons (Fsp3) is 0.514. The number of likely N-dealkylation sites (N-methyl/N-ethyl adjacent to an activating group) is 1. The molecule has 2 heterocycles. The lowest BCUT2D eigenvalue weighted by Gasteiger charge is -2.32. The summed E-state index contributed by atoms with van der Waals surface area (Å²) in [5.41, 5.74) is 1.31. The third-order valence-corrected chi connectivity index (χ3v) is 7.92. The van der Waals surface area contributed by atoms with Crippen LogP contribution in [0.3, 0.4) is 0 Å². The molecule has 2 aromatic carbocycles. The average molecular weight is 637 g/mol. The quantitative estimate of drug-likeness (QED) is 0.162. The van der Waals surface area contributed by atoms with Gasteiger partial charge in [-0.15, -0.1) is 0 Å². The molecule has 1 aromatic heterocycles. The maximum absolute atomic E-state index is 14.9. The molecular weight excluding hydrogens is 587 g/mol. The number of rotatable bonds is 17. The topological polar surface area (TPSA) is 92.3 Å². The van der Waals surface area contributed by atoms with Gasteiger partial charge in [-0.3, -0.25) is 4.90 Å². The van der Waals surface area contributed by atoms with Crippen LogP contribution >= 0.6 is 0 Å². The first kappa shape index (κ1) is 34.9. The highest BCUT2D eigenvalue weighted by molar-refractivity contribution is 5.86. The Morgan fingerprint density at radius 1 is 1.02 bits per heavy atom. The normalized spacial score (nSPS) is 13.9. The van der Waals surface area contributed by atoms with E-state index >= 15 is 0 Å². The fourth-order valence-corrected chi connectivity index (χ4v) is 5.19. The molecule has 0 spiro atoms. The summed E-state index contributed by atoms with van der Waals surface area (Å²) >= 11 is 0. The standard InChI is InChI=1S/C35H49FN6O4/c1-27(2)10-6-5-7-22-46-35(43)42(26-28-11-8-12-30(24-28)44-4)33-15-16-37-34(39-33)38-29-13-14-32(31(36)25-29)45-23-9-17-41-20-18-40(3)19-21-41/h8,11-16,24-25,27H,5-7,9-10,17-23,26H2,1-4H3,(H,37,38,39). The van der Waals surface area contributed by atoms with Crippen LogP contribution in [-0.4, -0.2) is 86.0 Å². The first-order valence-electron chi connectivity index (χ1n) is 16.3. The maximum Gasteiger partial charge on any atom is 0.415 e. The Balaban J connectivity index is 1.37. The number of benzene rings is 2. The Labute approximate surface area is 272 Å². The van der Waals surface area contributed by atoms with Gasteiger partial charge in [-0.25, -0.2) is 14.2 Å². The third-order valence-electron chi connectivity index (χ3n) is 7.92. The predicted molar refractivity (Wildman–Crippen MR) is 180 cm³/mol. The van der Waals surface area contributed by atoms with Crippen molar-refractivity contribution in [2.75, 3.05) is 70.3 Å². The van der Waals surface area contributed by atoms with Crippen LogP contribution in [0.2, 0.25) is 0 Å². The number of ether oxygens (including phenoxy) is 3. The van der Waals surface area contributed by atoms with Gasteiger partial charge in [0.1, 0.15) is 11.6 Å². The van der Waals surface area contributed by atoms with Crippen LogP contribution in [0.1, 0.15) is 51.5 Å². The molecule has 10 nitrogen and oxygen atoms in total. The number of nitrogens with zero attached hydrogens (tertiary/aromatic N) is 5. The number of halogens is 1. The molecule has 250 valence electrons. The SMILES string of the molecule is COc1cccc(CN(C(=O)OCCCCCC(C)C)c2ccnc(Nc3ccc(OCCCN4CCN(C)CC4)c(F)c3)n2)c1. The molecule has 1 aliphatic rings. The number of amides is 1. The van der Waals surface area contributed by atoms with Gasteiger partial charge in [0.2, 0.25) is 5.95 Å². The second-order valence-corrected chi connectivity index (χ2v) is 12.2. The molecule has 0 unspecified atom stereocenters. The van der Waals surface area contributed by atoms with Gasteiger partial charge in [0, 0.05) is 50.7 Å². The Morgan fingerprint density at radius 3 is 2.61 bits per heavy atom. The van der Waals surface area contributed by atoms with Gasteiger partial charge < -0.3 is 29.3 Å². The maximum atomic E-state index is 14.9. The molecule has 0 saturated carbocycles. The van der Waals surface area contributed by atoms with E-state index in [9.17, 15) is 9.18 Å². The number of hydrogen-bond acceptors (Lipinski definition) is 9. The van der Waals surface area contributed by atoms with Gasteiger partial charge in [-0.1, -0.05) is 45.2 Å². The molecular formula is C35H49FN6O4. The van der Waals surface area contributed by atoms with Crippen molar-refractivity contribution in [3.05, 3.63) is 66.1 Å². The number of carbonyl (C=O) groups is 1. The van der Waals surface area contributed by atoms with Crippen molar-refractivity contribution in [3.63, 3.8) is 0 Å². The monoisotopic (exact) mass is 636 g/mol. The van der Waals surface area contributed by atoms with Crippen LogP contribution in [0.25, 0.3) is 0 Å². The molecule has 1 amide bonds. The number of unbranched alkanes of at least 4 members (excludes halogenated alkanes) is 2. The Kier molecular flexibility index (Phi) is 13.8. The van der Waals surface area contributed by atoms with E-state index in [1.807, 2.05) is 24.3 Å². The Bertz CT molecular complexity index is 1370. The molecule has 46 heavy (non-hydrogen) atoms. The van der Waals surface area contributed by atoms with Gasteiger partial charge in [0.25, 0.3) is 0 Å². The Hall–Kier alpha value is -3.96. The highest BCUT2D eigenvalue weighted by Gasteiger charge is 2.21. The number of hydrogen-bond donors (Lipinski definition) is 1. The van der Waals surface area contributed by atoms with Crippen molar-refractivity contribution in [1.29, 1.82) is 0 Å². The van der Waals surface area contributed by atoms with E-state index in [0.717, 1.165) is 70.4 Å². The van der Waals surface area contributed by atoms with E-state index < -0.39 is 11.9 Å². The van der Waals surface area contributed by atoms with Crippen molar-refractivity contribution in [1.82, 2.24) is 19.8 Å². The van der Waals surface area contributed by atoms with E-state index in [4.69, 9.17) is 14.2 Å². The average Bonchev–Trinajstić information content (AvgIpc) is 3.05. The van der Waals surface area contributed by atoms with E-state index in [1.54, 1.807) is 31.5 Å². The summed E-state index contributed by atoms with van der Waals surface area (Å²) < 4.78 is 31.7. The number of methoxy groups -OCH3 is 1. The smallest absolute Gasteiger partial charge is 0.415 e. The number of carbonyl (C=O) groups excluding carboxylic acids is 1. The highest BCUT2D eigenvalue weighted by atomic mass is 19.1. The van der Waals surface area contributed by atoms with Crippen molar-refractivity contribution < 1.29 is 23.4 Å². The minimum absolute atomic E-state index is 0.204. The first-order chi connectivity index (χ1) is 22.3. The molecule has 1 N–H and O–H groups in total. The highest BCUT2D eigenvalue weighted by Crippen LogP contribution is 2.25. The third kappa shape index (κ3) is 11.4. The van der Waals surface area contributed by atoms with Gasteiger partial charge in [-0.05, 0) is 61.7 Å². The van der Waals surface area contributed by atoms with Crippen LogP contribution in [0.4, 0.5) is 26.6 Å². The van der Waals surface area contributed by atoms with Crippen LogP contribution in [0, 0.1) is 11.7 Å². The minimum atomic E-state index is -0.503. The van der Waals surface area contributed by atoms with Gasteiger partial charge in [0.15, 0.2) is 11.6 Å².